The summed E-state index contributed by atoms with van der Waals surface area (Å²) < 4.78 is 13.4. The molecule has 0 radical (unpaired) electrons. The second-order valence-corrected chi connectivity index (χ2v) is 6.67. The van der Waals surface area contributed by atoms with Crippen molar-refractivity contribution in [1.82, 2.24) is 0 Å². The van der Waals surface area contributed by atoms with E-state index in [1.807, 2.05) is 6.92 Å². The largest absolute Gasteiger partial charge is 0.390 e. The van der Waals surface area contributed by atoms with E-state index in [0.29, 0.717) is 18.3 Å². The number of hydrogen-bond donors (Lipinski definition) is 1. The minimum Gasteiger partial charge on any atom is -0.390 e. The monoisotopic (exact) mass is 266 g/mol. The Balaban J connectivity index is 2.96. The lowest BCUT2D eigenvalue weighted by molar-refractivity contribution is 0.000577. The van der Waals surface area contributed by atoms with Crippen LogP contribution in [0.4, 0.5) is 4.39 Å². The first-order chi connectivity index (χ1) is 8.72. The van der Waals surface area contributed by atoms with E-state index in [1.165, 1.54) is 6.07 Å². The molecule has 0 amide bonds. The van der Waals surface area contributed by atoms with Gasteiger partial charge in [-0.2, -0.15) is 0 Å². The minimum atomic E-state index is -0.735. The maximum Gasteiger partial charge on any atom is 0.123 e. The Labute approximate surface area is 116 Å². The topological polar surface area (TPSA) is 20.2 Å². The van der Waals surface area contributed by atoms with Crippen molar-refractivity contribution in [3.63, 3.8) is 0 Å². The van der Waals surface area contributed by atoms with Crippen LogP contribution in [-0.4, -0.2) is 10.7 Å². The molecule has 0 heterocycles. The summed E-state index contributed by atoms with van der Waals surface area (Å²) in [6.07, 6.45) is 2.04. The van der Waals surface area contributed by atoms with Gasteiger partial charge in [-0.25, -0.2) is 4.39 Å². The summed E-state index contributed by atoms with van der Waals surface area (Å²) in [4.78, 5) is 0. The average Bonchev–Trinajstić information content (AvgIpc) is 2.20. The van der Waals surface area contributed by atoms with Crippen LogP contribution in [0.2, 0.25) is 0 Å². The summed E-state index contributed by atoms with van der Waals surface area (Å²) >= 11 is 0. The predicted molar refractivity (Wildman–Crippen MR) is 78.7 cm³/mol. The first-order valence-corrected chi connectivity index (χ1v) is 7.19. The third kappa shape index (κ3) is 5.32. The normalized spacial score (nSPS) is 12.5. The van der Waals surface area contributed by atoms with Crippen LogP contribution in [0.15, 0.2) is 18.2 Å². The minimum absolute atomic E-state index is 0.225. The Morgan fingerprint density at radius 1 is 1.11 bits per heavy atom. The molecule has 1 aromatic rings. The fourth-order valence-corrected chi connectivity index (χ4v) is 2.93. The lowest BCUT2D eigenvalue weighted by Gasteiger charge is -2.32. The zero-order valence-electron chi connectivity index (χ0n) is 12.8. The van der Waals surface area contributed by atoms with Gasteiger partial charge < -0.3 is 5.11 Å². The quantitative estimate of drug-likeness (QED) is 0.803. The van der Waals surface area contributed by atoms with E-state index in [1.54, 1.807) is 12.1 Å². The molecule has 1 nitrogen and oxygen atoms in total. The fraction of sp³-hybridized carbons (Fsp3) is 0.647. The molecule has 0 bridgehead atoms. The molecule has 0 aromatic heterocycles. The summed E-state index contributed by atoms with van der Waals surface area (Å²) in [5.41, 5.74) is 1.23. The molecule has 0 aliphatic heterocycles. The van der Waals surface area contributed by atoms with Gasteiger partial charge >= 0.3 is 0 Å². The number of aryl methyl sites for hydroxylation is 1. The number of hydrogen-bond acceptors (Lipinski definition) is 1. The maximum atomic E-state index is 13.4. The van der Waals surface area contributed by atoms with Crippen molar-refractivity contribution in [3.8, 4) is 0 Å². The van der Waals surface area contributed by atoms with Crippen LogP contribution in [0.1, 0.15) is 51.7 Å². The molecule has 0 atom stereocenters. The smallest absolute Gasteiger partial charge is 0.123 e. The molecule has 1 aromatic carbocycles. The zero-order chi connectivity index (χ0) is 14.6. The molecule has 108 valence electrons. The summed E-state index contributed by atoms with van der Waals surface area (Å²) in [5.74, 6) is 0.632. The van der Waals surface area contributed by atoms with Crippen molar-refractivity contribution >= 4 is 0 Å². The van der Waals surface area contributed by atoms with E-state index in [4.69, 9.17) is 0 Å². The number of halogens is 1. The van der Waals surface area contributed by atoms with Crippen LogP contribution in [0.25, 0.3) is 0 Å². The van der Waals surface area contributed by atoms with Gasteiger partial charge in [0.25, 0.3) is 0 Å². The number of aliphatic hydroxyl groups is 1. The van der Waals surface area contributed by atoms with E-state index >= 15 is 0 Å². The molecule has 0 saturated heterocycles. The van der Waals surface area contributed by atoms with Crippen LogP contribution in [-0.2, 0) is 6.42 Å². The lowest BCUT2D eigenvalue weighted by atomic mass is 9.80. The van der Waals surface area contributed by atoms with Crippen molar-refractivity contribution < 1.29 is 9.50 Å². The Kier molecular flexibility index (Phi) is 5.54. The van der Waals surface area contributed by atoms with Crippen molar-refractivity contribution in [2.24, 2.45) is 11.8 Å². The summed E-state index contributed by atoms with van der Waals surface area (Å²) in [6.45, 7) is 10.4. The third-order valence-corrected chi connectivity index (χ3v) is 3.41. The molecule has 2 heteroatoms. The fourth-order valence-electron chi connectivity index (χ4n) is 2.93. The number of rotatable bonds is 6. The molecule has 1 rings (SSSR count). The second kappa shape index (κ2) is 6.51. The van der Waals surface area contributed by atoms with Gasteiger partial charge in [0.15, 0.2) is 0 Å². The zero-order valence-corrected chi connectivity index (χ0v) is 12.8. The van der Waals surface area contributed by atoms with Crippen LogP contribution in [0.3, 0.4) is 0 Å². The number of benzene rings is 1. The Bertz CT molecular complexity index is 400. The molecule has 0 aliphatic carbocycles. The third-order valence-electron chi connectivity index (χ3n) is 3.41. The van der Waals surface area contributed by atoms with Gasteiger partial charge in [-0.05, 0) is 54.9 Å². The SMILES string of the molecule is Cc1ccc(F)cc1CC(O)(CC(C)C)CC(C)C. The van der Waals surface area contributed by atoms with Crippen LogP contribution < -0.4 is 0 Å². The van der Waals surface area contributed by atoms with Crippen LogP contribution in [0.5, 0.6) is 0 Å². The van der Waals surface area contributed by atoms with E-state index in [0.717, 1.165) is 24.0 Å². The Morgan fingerprint density at radius 2 is 1.63 bits per heavy atom. The van der Waals surface area contributed by atoms with Gasteiger partial charge in [0, 0.05) is 6.42 Å². The highest BCUT2D eigenvalue weighted by molar-refractivity contribution is 5.28. The van der Waals surface area contributed by atoms with Crippen LogP contribution in [0, 0.1) is 24.6 Å². The van der Waals surface area contributed by atoms with Crippen molar-refractivity contribution in [2.75, 3.05) is 0 Å². The predicted octanol–water partition coefficient (Wildman–Crippen LogP) is 4.50. The molecule has 0 unspecified atom stereocenters. The van der Waals surface area contributed by atoms with Gasteiger partial charge in [-0.3, -0.25) is 0 Å². The first-order valence-electron chi connectivity index (χ1n) is 7.19. The van der Waals surface area contributed by atoms with Gasteiger partial charge in [0.2, 0.25) is 0 Å². The van der Waals surface area contributed by atoms with Gasteiger partial charge in [-0.15, -0.1) is 0 Å². The van der Waals surface area contributed by atoms with Gasteiger partial charge in [0.1, 0.15) is 5.82 Å². The van der Waals surface area contributed by atoms with E-state index in [9.17, 15) is 9.50 Å². The molecular weight excluding hydrogens is 239 g/mol. The highest BCUT2D eigenvalue weighted by Crippen LogP contribution is 2.30. The van der Waals surface area contributed by atoms with Crippen molar-refractivity contribution in [2.45, 2.75) is 59.5 Å². The summed E-state index contributed by atoms with van der Waals surface area (Å²) in [6, 6.07) is 4.82. The Hall–Kier alpha value is -0.890. The molecule has 0 spiro atoms. The Morgan fingerprint density at radius 3 is 2.11 bits per heavy atom. The molecule has 0 aliphatic rings. The van der Waals surface area contributed by atoms with E-state index in [2.05, 4.69) is 27.7 Å². The van der Waals surface area contributed by atoms with Crippen molar-refractivity contribution in [3.05, 3.63) is 35.1 Å². The highest BCUT2D eigenvalue weighted by atomic mass is 19.1. The highest BCUT2D eigenvalue weighted by Gasteiger charge is 2.29. The van der Waals surface area contributed by atoms with E-state index in [-0.39, 0.29) is 5.82 Å². The standard InChI is InChI=1S/C17H27FO/c1-12(2)9-17(19,10-13(3)4)11-15-8-16(18)7-6-14(15)5/h6-8,12-13,19H,9-11H2,1-5H3. The van der Waals surface area contributed by atoms with Crippen molar-refractivity contribution in [1.29, 1.82) is 0 Å². The summed E-state index contributed by atoms with van der Waals surface area (Å²) in [5, 5.41) is 10.9. The van der Waals surface area contributed by atoms with E-state index < -0.39 is 5.60 Å². The average molecular weight is 266 g/mol. The molecular formula is C17H27FO. The molecule has 19 heavy (non-hydrogen) atoms. The molecule has 1 N–H and O–H groups in total. The van der Waals surface area contributed by atoms with Crippen LogP contribution >= 0.6 is 0 Å². The maximum absolute atomic E-state index is 13.4. The van der Waals surface area contributed by atoms with Gasteiger partial charge in [-0.1, -0.05) is 33.8 Å². The first kappa shape index (κ1) is 16.2. The molecule has 0 saturated carbocycles. The second-order valence-electron chi connectivity index (χ2n) is 6.67. The molecule has 0 fully saturated rings. The lowest BCUT2D eigenvalue weighted by Crippen LogP contribution is -2.35. The van der Waals surface area contributed by atoms with Gasteiger partial charge in [0.05, 0.1) is 5.60 Å². The summed E-state index contributed by atoms with van der Waals surface area (Å²) in [7, 11) is 0.